The number of benzene rings is 1. The van der Waals surface area contributed by atoms with Crippen LogP contribution in [0.4, 0.5) is 10.3 Å². The number of nitrogens with two attached hydrogens (primary N) is 1. The molecule has 0 unspecified atom stereocenters. The van der Waals surface area contributed by atoms with Gasteiger partial charge in [0.2, 0.25) is 11.9 Å². The van der Waals surface area contributed by atoms with Gasteiger partial charge in [0, 0.05) is 31.5 Å². The van der Waals surface area contributed by atoms with Crippen LogP contribution in [0.25, 0.3) is 16.6 Å². The van der Waals surface area contributed by atoms with Crippen molar-refractivity contribution in [3.8, 4) is 5.75 Å². The summed E-state index contributed by atoms with van der Waals surface area (Å²) in [5, 5.41) is 4.96. The van der Waals surface area contributed by atoms with Gasteiger partial charge in [-0.2, -0.15) is 4.52 Å². The van der Waals surface area contributed by atoms with E-state index in [1.54, 1.807) is 0 Å². The lowest BCUT2D eigenvalue weighted by atomic mass is 9.75. The molecule has 1 aromatic carbocycles. The van der Waals surface area contributed by atoms with Gasteiger partial charge in [0.25, 0.3) is 0 Å². The Morgan fingerprint density at radius 2 is 2.13 bits per heavy atom. The lowest BCUT2D eigenvalue weighted by molar-refractivity contribution is -0.140. The number of fused-ring (bicyclic) bond motifs is 3. The number of nitrogens with zero attached hydrogens (tertiary/aromatic N) is 5. The smallest absolute Gasteiger partial charge is 0.225 e. The minimum absolute atomic E-state index is 0.145. The maximum Gasteiger partial charge on any atom is 0.225 e. The molecule has 1 aliphatic rings. The molecule has 0 bridgehead atoms. The number of carbonyl (C=O) groups is 1. The van der Waals surface area contributed by atoms with Crippen molar-refractivity contribution >= 4 is 28.4 Å². The normalized spacial score (nSPS) is 19.4. The van der Waals surface area contributed by atoms with Gasteiger partial charge in [-0.3, -0.25) is 4.79 Å². The predicted molar refractivity (Wildman–Crippen MR) is 116 cm³/mol. The van der Waals surface area contributed by atoms with Gasteiger partial charge in [0.15, 0.2) is 11.5 Å². The maximum atomic E-state index is 14.0. The van der Waals surface area contributed by atoms with E-state index in [4.69, 9.17) is 10.5 Å². The third-order valence-corrected chi connectivity index (χ3v) is 6.35. The molecule has 0 radical (unpaired) electrons. The van der Waals surface area contributed by atoms with Crippen molar-refractivity contribution in [1.82, 2.24) is 24.5 Å². The molecule has 2 heterocycles. The van der Waals surface area contributed by atoms with Crippen LogP contribution in [0.1, 0.15) is 45.4 Å². The fraction of sp³-hybridized carbons (Fsp3) is 0.545. The van der Waals surface area contributed by atoms with Crippen LogP contribution in [0.15, 0.2) is 12.1 Å². The van der Waals surface area contributed by atoms with Crippen LogP contribution in [0.2, 0.25) is 0 Å². The monoisotopic (exact) mass is 428 g/mol. The Labute approximate surface area is 180 Å². The number of ether oxygens (including phenoxy) is 1. The summed E-state index contributed by atoms with van der Waals surface area (Å²) in [6.45, 7) is 4.26. The summed E-state index contributed by atoms with van der Waals surface area (Å²) in [7, 11) is 3.35. The first-order valence-corrected chi connectivity index (χ1v) is 10.7. The van der Waals surface area contributed by atoms with Crippen molar-refractivity contribution in [2.24, 2.45) is 11.8 Å². The molecule has 1 amide bonds. The van der Waals surface area contributed by atoms with E-state index in [-0.39, 0.29) is 23.8 Å². The zero-order chi connectivity index (χ0) is 22.3. The zero-order valence-corrected chi connectivity index (χ0v) is 18.4. The minimum Gasteiger partial charge on any atom is -0.494 e. The van der Waals surface area contributed by atoms with E-state index in [1.165, 1.54) is 23.8 Å². The van der Waals surface area contributed by atoms with Crippen LogP contribution in [-0.2, 0) is 11.2 Å². The Hall–Kier alpha value is -2.97. The summed E-state index contributed by atoms with van der Waals surface area (Å²) in [4.78, 5) is 23.3. The van der Waals surface area contributed by atoms with E-state index >= 15 is 0 Å². The second-order valence-corrected chi connectivity index (χ2v) is 8.70. The number of hydrogen-bond acceptors (Lipinski definition) is 6. The third kappa shape index (κ3) is 4.00. The number of hydrogen-bond donors (Lipinski definition) is 1. The van der Waals surface area contributed by atoms with Gasteiger partial charge >= 0.3 is 0 Å². The van der Waals surface area contributed by atoms with Gasteiger partial charge in [0.1, 0.15) is 17.1 Å². The molecule has 4 rings (SSSR count). The zero-order valence-electron chi connectivity index (χ0n) is 18.4. The van der Waals surface area contributed by atoms with Crippen LogP contribution in [0.5, 0.6) is 5.75 Å². The van der Waals surface area contributed by atoms with Crippen LogP contribution in [0, 0.1) is 17.7 Å². The average molecular weight is 429 g/mol. The largest absolute Gasteiger partial charge is 0.494 e. The first-order valence-electron chi connectivity index (χ1n) is 10.7. The molecule has 166 valence electrons. The standard InChI is InChI=1S/C22H29FN6O2/c1-12-8-14(9-12)21(30)28(3)13(2)6-5-7-18-25-20-16-10-15(23)11-17(31-4)19(16)26-22(24)29(20)27-18/h10-14H,5-9H2,1-4H3,(H2,24,26)/t12?,13-,14?/m0/s1. The molecule has 0 saturated heterocycles. The van der Waals surface area contributed by atoms with E-state index in [0.717, 1.165) is 25.7 Å². The van der Waals surface area contributed by atoms with Crippen molar-refractivity contribution in [2.45, 2.75) is 52.0 Å². The quantitative estimate of drug-likeness (QED) is 0.620. The first kappa shape index (κ1) is 21.3. The topological polar surface area (TPSA) is 98.6 Å². The van der Waals surface area contributed by atoms with Crippen molar-refractivity contribution in [3.05, 3.63) is 23.8 Å². The Morgan fingerprint density at radius 1 is 1.39 bits per heavy atom. The van der Waals surface area contributed by atoms with E-state index in [2.05, 4.69) is 28.9 Å². The van der Waals surface area contributed by atoms with Crippen LogP contribution >= 0.6 is 0 Å². The number of anilines is 1. The number of nitrogen functional groups attached to an aromatic ring is 1. The summed E-state index contributed by atoms with van der Waals surface area (Å²) < 4.78 is 20.7. The number of carbonyl (C=O) groups excluding carboxylic acids is 1. The molecule has 0 aliphatic heterocycles. The fourth-order valence-electron chi connectivity index (χ4n) is 4.33. The molecule has 1 aliphatic carbocycles. The molecule has 2 N–H and O–H groups in total. The molecule has 8 nitrogen and oxygen atoms in total. The van der Waals surface area contributed by atoms with Crippen molar-refractivity contribution in [1.29, 1.82) is 0 Å². The van der Waals surface area contributed by atoms with Crippen LogP contribution in [0.3, 0.4) is 0 Å². The number of rotatable bonds is 7. The molecule has 31 heavy (non-hydrogen) atoms. The number of methoxy groups -OCH3 is 1. The maximum absolute atomic E-state index is 14.0. The Bertz CT molecular complexity index is 1120. The Kier molecular flexibility index (Phi) is 5.68. The molecule has 0 spiro atoms. The van der Waals surface area contributed by atoms with Gasteiger partial charge in [-0.1, -0.05) is 6.92 Å². The molecular formula is C22H29FN6O2. The molecule has 3 aromatic rings. The minimum atomic E-state index is -0.440. The number of aryl methyl sites for hydroxylation is 1. The van der Waals surface area contributed by atoms with Gasteiger partial charge in [-0.25, -0.2) is 14.4 Å². The Balaban J connectivity index is 1.47. The predicted octanol–water partition coefficient (Wildman–Crippen LogP) is 3.22. The highest BCUT2D eigenvalue weighted by atomic mass is 19.1. The molecular weight excluding hydrogens is 399 g/mol. The summed E-state index contributed by atoms with van der Waals surface area (Å²) in [5.41, 5.74) is 6.96. The average Bonchev–Trinajstić information content (AvgIpc) is 3.15. The highest BCUT2D eigenvalue weighted by molar-refractivity contribution is 5.95. The molecule has 1 saturated carbocycles. The van der Waals surface area contributed by atoms with E-state index in [0.29, 0.717) is 40.5 Å². The van der Waals surface area contributed by atoms with Gasteiger partial charge in [-0.15, -0.1) is 5.10 Å². The summed E-state index contributed by atoms with van der Waals surface area (Å²) in [5.74, 6) is 1.73. The summed E-state index contributed by atoms with van der Waals surface area (Å²) in [6.07, 6.45) is 4.28. The number of aromatic nitrogens is 4. The lowest BCUT2D eigenvalue weighted by Crippen LogP contribution is -2.43. The third-order valence-electron chi connectivity index (χ3n) is 6.35. The van der Waals surface area contributed by atoms with Gasteiger partial charge < -0.3 is 15.4 Å². The first-order chi connectivity index (χ1) is 14.8. The highest BCUT2D eigenvalue weighted by Gasteiger charge is 2.34. The molecule has 2 aromatic heterocycles. The highest BCUT2D eigenvalue weighted by Crippen LogP contribution is 2.34. The van der Waals surface area contributed by atoms with Crippen molar-refractivity contribution in [2.75, 3.05) is 19.9 Å². The van der Waals surface area contributed by atoms with Gasteiger partial charge in [0.05, 0.1) is 12.5 Å². The summed E-state index contributed by atoms with van der Waals surface area (Å²) in [6, 6.07) is 2.78. The van der Waals surface area contributed by atoms with Gasteiger partial charge in [-0.05, 0) is 44.6 Å². The van der Waals surface area contributed by atoms with Crippen LogP contribution in [-0.4, -0.2) is 50.6 Å². The summed E-state index contributed by atoms with van der Waals surface area (Å²) >= 11 is 0. The molecule has 9 heteroatoms. The lowest BCUT2D eigenvalue weighted by Gasteiger charge is -2.36. The molecule has 1 fully saturated rings. The second kappa shape index (κ2) is 8.28. The SMILES string of the molecule is COc1cc(F)cc2c1nc(N)n1nc(CCC[C@H](C)N(C)C(=O)C3CC(C)C3)nc21. The van der Waals surface area contributed by atoms with Crippen LogP contribution < -0.4 is 10.5 Å². The number of halogens is 1. The molecule has 1 atom stereocenters. The fourth-order valence-corrected chi connectivity index (χ4v) is 4.33. The van der Waals surface area contributed by atoms with E-state index in [1.807, 2.05) is 11.9 Å². The van der Waals surface area contributed by atoms with Crippen molar-refractivity contribution < 1.29 is 13.9 Å². The number of amides is 1. The van der Waals surface area contributed by atoms with E-state index in [9.17, 15) is 9.18 Å². The second-order valence-electron chi connectivity index (χ2n) is 8.70. The van der Waals surface area contributed by atoms with Crippen molar-refractivity contribution in [3.63, 3.8) is 0 Å². The van der Waals surface area contributed by atoms with E-state index < -0.39 is 5.82 Å². The Morgan fingerprint density at radius 3 is 2.81 bits per heavy atom.